The number of ether oxygens (including phenoxy) is 2. The smallest absolute Gasteiger partial charge is 0.311 e. The maximum absolute atomic E-state index is 10.7. The summed E-state index contributed by atoms with van der Waals surface area (Å²) in [7, 11) is 3.08. The summed E-state index contributed by atoms with van der Waals surface area (Å²) in [5.74, 6) is 0.469. The van der Waals surface area contributed by atoms with Gasteiger partial charge in [-0.3, -0.25) is 4.79 Å². The second-order valence-corrected chi connectivity index (χ2v) is 3.76. The van der Waals surface area contributed by atoms with Crippen LogP contribution in [0.4, 0.5) is 0 Å². The highest BCUT2D eigenvalue weighted by molar-refractivity contribution is 5.74. The van der Waals surface area contributed by atoms with Gasteiger partial charge in [-0.25, -0.2) is 4.98 Å². The van der Waals surface area contributed by atoms with Crippen LogP contribution in [-0.4, -0.2) is 30.3 Å². The number of carboxylic acids is 1. The molecule has 0 aliphatic rings. The van der Waals surface area contributed by atoms with Crippen LogP contribution in [0, 0.1) is 0 Å². The molecule has 0 radical (unpaired) electrons. The van der Waals surface area contributed by atoms with Gasteiger partial charge >= 0.3 is 5.97 Å². The van der Waals surface area contributed by atoms with Crippen molar-refractivity contribution in [3.8, 4) is 22.8 Å². The summed E-state index contributed by atoms with van der Waals surface area (Å²) in [6.45, 7) is 0. The fraction of sp³-hybridized carbons (Fsp3) is 0.231. The van der Waals surface area contributed by atoms with Crippen molar-refractivity contribution in [2.24, 2.45) is 0 Å². The van der Waals surface area contributed by atoms with Crippen LogP contribution in [0.15, 0.2) is 29.0 Å². The summed E-state index contributed by atoms with van der Waals surface area (Å²) in [6.07, 6.45) is 1.01. The summed E-state index contributed by atoms with van der Waals surface area (Å²) < 4.78 is 15.4. The first kappa shape index (κ1) is 12.9. The number of methoxy groups -OCH3 is 2. The molecule has 0 aliphatic heterocycles. The maximum Gasteiger partial charge on any atom is 0.311 e. The lowest BCUT2D eigenvalue weighted by atomic mass is 10.1. The number of hydrogen-bond acceptors (Lipinski definition) is 5. The van der Waals surface area contributed by atoms with Crippen LogP contribution in [0.2, 0.25) is 0 Å². The molecule has 1 aromatic heterocycles. The van der Waals surface area contributed by atoms with Crippen LogP contribution in [0.3, 0.4) is 0 Å². The van der Waals surface area contributed by atoms with E-state index in [4.69, 9.17) is 19.0 Å². The number of nitrogens with zero attached hydrogens (tertiary/aromatic N) is 1. The zero-order chi connectivity index (χ0) is 13.8. The number of oxazole rings is 1. The van der Waals surface area contributed by atoms with Crippen molar-refractivity contribution in [2.45, 2.75) is 6.42 Å². The molecule has 0 atom stereocenters. The highest BCUT2D eigenvalue weighted by Crippen LogP contribution is 2.33. The topological polar surface area (TPSA) is 81.8 Å². The highest BCUT2D eigenvalue weighted by atomic mass is 16.5. The largest absolute Gasteiger partial charge is 0.493 e. The van der Waals surface area contributed by atoms with Crippen LogP contribution < -0.4 is 9.47 Å². The third kappa shape index (κ3) is 2.67. The fourth-order valence-electron chi connectivity index (χ4n) is 1.75. The molecular weight excluding hydrogens is 250 g/mol. The summed E-state index contributed by atoms with van der Waals surface area (Å²) >= 11 is 0. The van der Waals surface area contributed by atoms with Gasteiger partial charge in [-0.05, 0) is 18.2 Å². The minimum atomic E-state index is -0.974. The summed E-state index contributed by atoms with van der Waals surface area (Å²) in [4.78, 5) is 14.8. The average molecular weight is 263 g/mol. The molecule has 100 valence electrons. The molecular formula is C13H13NO5. The van der Waals surface area contributed by atoms with Gasteiger partial charge in [0.1, 0.15) is 17.9 Å². The van der Waals surface area contributed by atoms with Gasteiger partial charge < -0.3 is 19.0 Å². The van der Waals surface area contributed by atoms with Gasteiger partial charge in [-0.2, -0.15) is 0 Å². The Balaban J connectivity index is 2.42. The van der Waals surface area contributed by atoms with Crippen LogP contribution >= 0.6 is 0 Å². The van der Waals surface area contributed by atoms with Gasteiger partial charge in [0.05, 0.1) is 14.2 Å². The Labute approximate surface area is 109 Å². The molecule has 0 bridgehead atoms. The van der Waals surface area contributed by atoms with Crippen molar-refractivity contribution < 1.29 is 23.8 Å². The first-order valence-electron chi connectivity index (χ1n) is 5.52. The minimum Gasteiger partial charge on any atom is -0.493 e. The van der Waals surface area contributed by atoms with Crippen LogP contribution in [0.1, 0.15) is 5.76 Å². The molecule has 6 nitrogen and oxygen atoms in total. The predicted octanol–water partition coefficient (Wildman–Crippen LogP) is 1.99. The second-order valence-electron chi connectivity index (χ2n) is 3.76. The van der Waals surface area contributed by atoms with Crippen molar-refractivity contribution in [3.05, 3.63) is 30.4 Å². The van der Waals surface area contributed by atoms with E-state index in [9.17, 15) is 4.79 Å². The van der Waals surface area contributed by atoms with Crippen LogP contribution in [0.5, 0.6) is 11.5 Å². The number of benzene rings is 1. The van der Waals surface area contributed by atoms with E-state index in [1.165, 1.54) is 13.5 Å². The maximum atomic E-state index is 10.7. The van der Waals surface area contributed by atoms with E-state index in [0.717, 1.165) is 0 Å². The standard InChI is InChI=1S/C13H13NO5/c1-17-9-4-3-8(5-10(9)18-2)13-11(6-12(15)16)19-7-14-13/h3-5,7H,6H2,1-2H3,(H,15,16). The molecule has 0 aliphatic carbocycles. The SMILES string of the molecule is COc1ccc(-c2ncoc2CC(=O)O)cc1OC. The molecule has 0 spiro atoms. The fourth-order valence-corrected chi connectivity index (χ4v) is 1.75. The Bertz CT molecular complexity index is 590. The Morgan fingerprint density at radius 1 is 1.32 bits per heavy atom. The van der Waals surface area contributed by atoms with Crippen molar-refractivity contribution >= 4 is 5.97 Å². The molecule has 0 unspecified atom stereocenters. The third-order valence-electron chi connectivity index (χ3n) is 2.61. The van der Waals surface area contributed by atoms with E-state index in [1.807, 2.05) is 0 Å². The number of aromatic nitrogens is 1. The monoisotopic (exact) mass is 263 g/mol. The van der Waals surface area contributed by atoms with E-state index in [-0.39, 0.29) is 6.42 Å². The van der Waals surface area contributed by atoms with E-state index >= 15 is 0 Å². The quantitative estimate of drug-likeness (QED) is 0.888. The lowest BCUT2D eigenvalue weighted by Gasteiger charge is -2.08. The van der Waals surface area contributed by atoms with E-state index in [1.54, 1.807) is 25.3 Å². The lowest BCUT2D eigenvalue weighted by Crippen LogP contribution is -2.00. The van der Waals surface area contributed by atoms with E-state index in [0.29, 0.717) is 28.5 Å². The van der Waals surface area contributed by atoms with Crippen molar-refractivity contribution in [1.29, 1.82) is 0 Å². The predicted molar refractivity (Wildman–Crippen MR) is 66.4 cm³/mol. The Morgan fingerprint density at radius 3 is 2.68 bits per heavy atom. The van der Waals surface area contributed by atoms with Gasteiger partial charge in [0.15, 0.2) is 17.9 Å². The van der Waals surface area contributed by atoms with E-state index < -0.39 is 5.97 Å². The van der Waals surface area contributed by atoms with E-state index in [2.05, 4.69) is 4.98 Å². The molecule has 19 heavy (non-hydrogen) atoms. The van der Waals surface area contributed by atoms with Crippen LogP contribution in [-0.2, 0) is 11.2 Å². The summed E-state index contributed by atoms with van der Waals surface area (Å²) in [5, 5.41) is 8.81. The molecule has 0 saturated carbocycles. The molecule has 6 heteroatoms. The van der Waals surface area contributed by atoms with Gasteiger partial charge in [0.25, 0.3) is 0 Å². The number of carbonyl (C=O) groups is 1. The highest BCUT2D eigenvalue weighted by Gasteiger charge is 2.15. The Kier molecular flexibility index (Phi) is 3.70. The average Bonchev–Trinajstić information content (AvgIpc) is 2.85. The Hall–Kier alpha value is -2.50. The number of hydrogen-bond donors (Lipinski definition) is 1. The molecule has 1 N–H and O–H groups in total. The minimum absolute atomic E-state index is 0.219. The zero-order valence-electron chi connectivity index (χ0n) is 10.5. The summed E-state index contributed by atoms with van der Waals surface area (Å²) in [6, 6.07) is 5.22. The molecule has 0 amide bonds. The number of aliphatic carboxylic acids is 1. The van der Waals surface area contributed by atoms with Gasteiger partial charge in [0.2, 0.25) is 0 Å². The number of rotatable bonds is 5. The molecule has 1 heterocycles. The second kappa shape index (κ2) is 5.43. The van der Waals surface area contributed by atoms with Gasteiger partial charge in [-0.1, -0.05) is 0 Å². The van der Waals surface area contributed by atoms with Crippen molar-refractivity contribution in [2.75, 3.05) is 14.2 Å². The lowest BCUT2D eigenvalue weighted by molar-refractivity contribution is -0.136. The third-order valence-corrected chi connectivity index (χ3v) is 2.61. The normalized spacial score (nSPS) is 10.2. The molecule has 2 aromatic rings. The number of carboxylic acid groups (broad SMARTS) is 1. The molecule has 0 saturated heterocycles. The molecule has 1 aromatic carbocycles. The molecule has 0 fully saturated rings. The summed E-state index contributed by atoms with van der Waals surface area (Å²) in [5.41, 5.74) is 1.20. The molecule has 2 rings (SSSR count). The zero-order valence-corrected chi connectivity index (χ0v) is 10.5. The van der Waals surface area contributed by atoms with Gasteiger partial charge in [0, 0.05) is 5.56 Å². The first-order valence-corrected chi connectivity index (χ1v) is 5.52. The van der Waals surface area contributed by atoms with Gasteiger partial charge in [-0.15, -0.1) is 0 Å². The van der Waals surface area contributed by atoms with Crippen molar-refractivity contribution in [3.63, 3.8) is 0 Å². The Morgan fingerprint density at radius 2 is 2.05 bits per heavy atom. The van der Waals surface area contributed by atoms with Crippen molar-refractivity contribution in [1.82, 2.24) is 4.98 Å². The van der Waals surface area contributed by atoms with Crippen LogP contribution in [0.25, 0.3) is 11.3 Å². The first-order chi connectivity index (χ1) is 9.15.